The van der Waals surface area contributed by atoms with Crippen molar-refractivity contribution in [1.82, 2.24) is 9.97 Å². The maximum absolute atomic E-state index is 9.67. The van der Waals surface area contributed by atoms with Gasteiger partial charge < -0.3 is 20.8 Å². The molecule has 0 radical (unpaired) electrons. The molecule has 6 nitrogen and oxygen atoms in total. The highest BCUT2D eigenvalue weighted by Crippen LogP contribution is 2.34. The number of anilines is 2. The summed E-state index contributed by atoms with van der Waals surface area (Å²) >= 11 is 0. The molecule has 0 amide bonds. The maximum atomic E-state index is 9.67. The predicted octanol–water partition coefficient (Wildman–Crippen LogP) is 3.33. The first-order valence-corrected chi connectivity index (χ1v) is 8.76. The van der Waals surface area contributed by atoms with Gasteiger partial charge in [-0.1, -0.05) is 24.3 Å². The topological polar surface area (TPSA) is 99.8 Å². The van der Waals surface area contributed by atoms with E-state index in [2.05, 4.69) is 45.6 Å². The van der Waals surface area contributed by atoms with Crippen molar-refractivity contribution < 1.29 is 4.74 Å². The van der Waals surface area contributed by atoms with E-state index in [1.165, 1.54) is 0 Å². The van der Waals surface area contributed by atoms with Crippen LogP contribution in [-0.2, 0) is 16.7 Å². The highest BCUT2D eigenvalue weighted by molar-refractivity contribution is 5.80. The lowest BCUT2D eigenvalue weighted by Crippen LogP contribution is -2.32. The summed E-state index contributed by atoms with van der Waals surface area (Å²) in [6.45, 7) is 2.01. The van der Waals surface area contributed by atoms with Crippen LogP contribution in [0.4, 0.5) is 11.6 Å². The van der Waals surface area contributed by atoms with E-state index in [0.29, 0.717) is 25.7 Å². The van der Waals surface area contributed by atoms with Crippen LogP contribution >= 0.6 is 0 Å². The second kappa shape index (κ2) is 6.70. The third-order valence-electron chi connectivity index (χ3n) is 5.06. The first-order valence-electron chi connectivity index (χ1n) is 8.76. The second-order valence-electron chi connectivity index (χ2n) is 6.71. The molecular formula is C20H21N5O. The average molecular weight is 347 g/mol. The van der Waals surface area contributed by atoms with E-state index in [4.69, 9.17) is 10.5 Å². The van der Waals surface area contributed by atoms with Gasteiger partial charge in [0.25, 0.3) is 0 Å². The summed E-state index contributed by atoms with van der Waals surface area (Å²) in [4.78, 5) is 7.24. The Morgan fingerprint density at radius 2 is 1.96 bits per heavy atom. The molecule has 0 unspecified atom stereocenters. The number of hydrogen-bond donors (Lipinski definition) is 3. The molecule has 0 aliphatic carbocycles. The fourth-order valence-electron chi connectivity index (χ4n) is 3.47. The Hall–Kier alpha value is -3.04. The molecule has 1 aliphatic rings. The highest BCUT2D eigenvalue weighted by atomic mass is 16.5. The Kier molecular flexibility index (Phi) is 4.23. The SMILES string of the molecule is N#CC1(c2ccc(CNc3ccc4nc(N)[nH]c4c3)cc2)CCOCC1. The minimum Gasteiger partial charge on any atom is -0.381 e. The van der Waals surface area contributed by atoms with Gasteiger partial charge >= 0.3 is 0 Å². The van der Waals surface area contributed by atoms with Crippen LogP contribution < -0.4 is 11.1 Å². The van der Waals surface area contributed by atoms with Crippen molar-refractivity contribution in [1.29, 1.82) is 5.26 Å². The van der Waals surface area contributed by atoms with Gasteiger partial charge in [0, 0.05) is 25.4 Å². The fraction of sp³-hybridized carbons (Fsp3) is 0.300. The number of ether oxygens (including phenoxy) is 1. The third-order valence-corrected chi connectivity index (χ3v) is 5.06. The Morgan fingerprint density at radius 3 is 2.69 bits per heavy atom. The average Bonchev–Trinajstić information content (AvgIpc) is 3.06. The maximum Gasteiger partial charge on any atom is 0.198 e. The smallest absolute Gasteiger partial charge is 0.198 e. The van der Waals surface area contributed by atoms with E-state index in [0.717, 1.165) is 40.7 Å². The Bertz CT molecular complexity index is 948. The number of aromatic nitrogens is 2. The summed E-state index contributed by atoms with van der Waals surface area (Å²) < 4.78 is 5.42. The third kappa shape index (κ3) is 3.09. The first-order chi connectivity index (χ1) is 12.7. The molecule has 26 heavy (non-hydrogen) atoms. The molecule has 0 saturated carbocycles. The summed E-state index contributed by atoms with van der Waals surface area (Å²) in [7, 11) is 0. The van der Waals surface area contributed by atoms with Crippen LogP contribution in [0.25, 0.3) is 11.0 Å². The second-order valence-corrected chi connectivity index (χ2v) is 6.71. The monoisotopic (exact) mass is 347 g/mol. The molecule has 0 spiro atoms. The van der Waals surface area contributed by atoms with Crippen molar-refractivity contribution in [2.45, 2.75) is 24.8 Å². The molecule has 1 saturated heterocycles. The van der Waals surface area contributed by atoms with Crippen LogP contribution in [0.3, 0.4) is 0 Å². The fourth-order valence-corrected chi connectivity index (χ4v) is 3.47. The zero-order chi connectivity index (χ0) is 18.0. The van der Waals surface area contributed by atoms with Crippen molar-refractivity contribution in [2.75, 3.05) is 24.3 Å². The molecule has 1 aliphatic heterocycles. The van der Waals surface area contributed by atoms with Gasteiger partial charge in [-0.05, 0) is 42.2 Å². The molecule has 1 fully saturated rings. The van der Waals surface area contributed by atoms with Crippen LogP contribution in [0, 0.1) is 11.3 Å². The number of nitrogens with zero attached hydrogens (tertiary/aromatic N) is 2. The minimum absolute atomic E-state index is 0.407. The molecule has 0 atom stereocenters. The van der Waals surface area contributed by atoms with Crippen molar-refractivity contribution in [3.63, 3.8) is 0 Å². The molecular weight excluding hydrogens is 326 g/mol. The summed E-state index contributed by atoms with van der Waals surface area (Å²) in [6.07, 6.45) is 1.52. The van der Waals surface area contributed by atoms with E-state index >= 15 is 0 Å². The molecule has 3 aromatic rings. The van der Waals surface area contributed by atoms with Crippen molar-refractivity contribution in [3.8, 4) is 6.07 Å². The number of rotatable bonds is 4. The number of nitrogens with two attached hydrogens (primary N) is 1. The number of H-pyrrole nitrogens is 1. The number of nitrogens with one attached hydrogen (secondary N) is 2. The largest absolute Gasteiger partial charge is 0.381 e. The lowest BCUT2D eigenvalue weighted by Gasteiger charge is -2.31. The van der Waals surface area contributed by atoms with Gasteiger partial charge in [0.1, 0.15) is 0 Å². The number of benzene rings is 2. The van der Waals surface area contributed by atoms with Crippen LogP contribution in [0.1, 0.15) is 24.0 Å². The van der Waals surface area contributed by atoms with Crippen LogP contribution in [0.15, 0.2) is 42.5 Å². The molecule has 2 aromatic carbocycles. The number of hydrogen-bond acceptors (Lipinski definition) is 5. The van der Waals surface area contributed by atoms with E-state index in [-0.39, 0.29) is 0 Å². The van der Waals surface area contributed by atoms with Crippen molar-refractivity contribution >= 4 is 22.7 Å². The zero-order valence-electron chi connectivity index (χ0n) is 14.5. The Morgan fingerprint density at radius 1 is 1.19 bits per heavy atom. The molecule has 6 heteroatoms. The molecule has 4 rings (SSSR count). The van der Waals surface area contributed by atoms with E-state index in [1.54, 1.807) is 0 Å². The summed E-state index contributed by atoms with van der Waals surface area (Å²) in [5, 5.41) is 13.1. The van der Waals surface area contributed by atoms with Gasteiger partial charge in [0.2, 0.25) is 0 Å². The van der Waals surface area contributed by atoms with Gasteiger partial charge in [0.15, 0.2) is 5.95 Å². The number of nitrogen functional groups attached to an aromatic ring is 1. The van der Waals surface area contributed by atoms with E-state index in [9.17, 15) is 5.26 Å². The van der Waals surface area contributed by atoms with Gasteiger partial charge in [0.05, 0.1) is 22.5 Å². The van der Waals surface area contributed by atoms with Gasteiger partial charge in [-0.25, -0.2) is 4.98 Å². The number of aromatic amines is 1. The van der Waals surface area contributed by atoms with E-state index < -0.39 is 5.41 Å². The predicted molar refractivity (Wildman–Crippen MR) is 102 cm³/mol. The van der Waals surface area contributed by atoms with Crippen LogP contribution in [-0.4, -0.2) is 23.2 Å². The van der Waals surface area contributed by atoms with Crippen molar-refractivity contribution in [3.05, 3.63) is 53.6 Å². The normalized spacial score (nSPS) is 16.3. The van der Waals surface area contributed by atoms with E-state index in [1.807, 2.05) is 18.2 Å². The van der Waals surface area contributed by atoms with Gasteiger partial charge in [-0.3, -0.25) is 0 Å². The van der Waals surface area contributed by atoms with Gasteiger partial charge in [-0.15, -0.1) is 0 Å². The minimum atomic E-state index is -0.407. The quantitative estimate of drug-likeness (QED) is 0.672. The zero-order valence-corrected chi connectivity index (χ0v) is 14.5. The van der Waals surface area contributed by atoms with Crippen molar-refractivity contribution in [2.24, 2.45) is 0 Å². The molecule has 0 bridgehead atoms. The molecule has 2 heterocycles. The van der Waals surface area contributed by atoms with Gasteiger partial charge in [-0.2, -0.15) is 5.26 Å². The standard InChI is InChI=1S/C20H21N5O/c21-13-20(7-9-26-10-8-20)15-3-1-14(2-4-15)12-23-16-5-6-17-18(11-16)25-19(22)24-17/h1-6,11,23H,7-10,12H2,(H3,22,24,25). The lowest BCUT2D eigenvalue weighted by atomic mass is 9.75. The highest BCUT2D eigenvalue weighted by Gasteiger charge is 2.34. The molecule has 132 valence electrons. The van der Waals surface area contributed by atoms with Crippen LogP contribution in [0.5, 0.6) is 0 Å². The number of imidazole rings is 1. The molecule has 4 N–H and O–H groups in total. The number of fused-ring (bicyclic) bond motifs is 1. The Balaban J connectivity index is 1.46. The lowest BCUT2D eigenvalue weighted by molar-refractivity contribution is 0.0675. The number of nitriles is 1. The first kappa shape index (κ1) is 16.4. The summed E-state index contributed by atoms with van der Waals surface area (Å²) in [6, 6.07) is 16.8. The Labute approximate surface area is 152 Å². The molecule has 1 aromatic heterocycles. The summed E-state index contributed by atoms with van der Waals surface area (Å²) in [5.74, 6) is 0.423. The summed E-state index contributed by atoms with van der Waals surface area (Å²) in [5.41, 5.74) is 10.3. The van der Waals surface area contributed by atoms with Crippen LogP contribution in [0.2, 0.25) is 0 Å².